The van der Waals surface area contributed by atoms with Crippen LogP contribution in [0.2, 0.25) is 0 Å². The lowest BCUT2D eigenvalue weighted by Crippen LogP contribution is -2.54. The van der Waals surface area contributed by atoms with Gasteiger partial charge in [0.25, 0.3) is 10.0 Å². The second-order valence-electron chi connectivity index (χ2n) is 11.6. The number of benzene rings is 3. The van der Waals surface area contributed by atoms with Crippen LogP contribution in [0.4, 0.5) is 18.9 Å². The van der Waals surface area contributed by atoms with Gasteiger partial charge in [-0.1, -0.05) is 74.2 Å². The molecule has 7 nitrogen and oxygen atoms in total. The molecule has 242 valence electrons. The number of amides is 2. The van der Waals surface area contributed by atoms with E-state index in [0.29, 0.717) is 4.31 Å². The summed E-state index contributed by atoms with van der Waals surface area (Å²) in [6.45, 7) is 4.63. The summed E-state index contributed by atoms with van der Waals surface area (Å²) in [5.41, 5.74) is 1.07. The molecule has 1 saturated carbocycles. The Hall–Kier alpha value is -3.86. The van der Waals surface area contributed by atoms with Gasteiger partial charge in [-0.05, 0) is 74.6 Å². The number of nitrogens with one attached hydrogen (secondary N) is 1. The predicted molar refractivity (Wildman–Crippen MR) is 168 cm³/mol. The van der Waals surface area contributed by atoms with Crippen molar-refractivity contribution in [2.45, 2.75) is 89.0 Å². The minimum Gasteiger partial charge on any atom is -0.352 e. The van der Waals surface area contributed by atoms with E-state index in [2.05, 4.69) is 5.32 Å². The van der Waals surface area contributed by atoms with Crippen molar-refractivity contribution in [3.8, 4) is 0 Å². The van der Waals surface area contributed by atoms with Crippen LogP contribution in [-0.4, -0.2) is 43.8 Å². The lowest BCUT2D eigenvalue weighted by molar-refractivity contribution is -0.140. The highest BCUT2D eigenvalue weighted by Crippen LogP contribution is 2.33. The number of hydrogen-bond acceptors (Lipinski definition) is 4. The van der Waals surface area contributed by atoms with Crippen molar-refractivity contribution in [3.63, 3.8) is 0 Å². The maximum atomic E-state index is 14.3. The van der Waals surface area contributed by atoms with Gasteiger partial charge in [-0.15, -0.1) is 0 Å². The second-order valence-corrected chi connectivity index (χ2v) is 13.5. The molecule has 0 heterocycles. The number of aryl methyl sites for hydroxylation is 2. The smallest absolute Gasteiger partial charge is 0.352 e. The monoisotopic (exact) mass is 643 g/mol. The Kier molecular flexibility index (Phi) is 11.0. The third kappa shape index (κ3) is 8.45. The highest BCUT2D eigenvalue weighted by Gasteiger charge is 2.36. The number of halogens is 3. The van der Waals surface area contributed by atoms with Crippen LogP contribution in [0.5, 0.6) is 0 Å². The molecule has 4 rings (SSSR count). The lowest BCUT2D eigenvalue weighted by atomic mass is 9.95. The minimum atomic E-state index is -4.74. The molecule has 3 aromatic carbocycles. The number of alkyl halides is 3. The molecule has 0 radical (unpaired) electrons. The SMILES string of the molecule is CC[C@H](C(=O)NC1CCCCC1)N(Cc1ccccc1C)C(=O)CN(c1cccc(C(F)(F)F)c1)S(=O)(=O)c1ccc(C)cc1. The standard InChI is InChI=1S/C34H40F3N3O4S/c1-4-31(33(42)38-28-14-6-5-7-15-28)39(22-26-12-9-8-11-25(26)3)32(41)23-40(29-16-10-13-27(21-29)34(35,36)37)45(43,44)30-19-17-24(2)18-20-30/h8-13,16-21,28,31H,4-7,14-15,22-23H2,1-3H3,(H,38,42)/t31-/m1/s1. The fourth-order valence-electron chi connectivity index (χ4n) is 5.64. The van der Waals surface area contributed by atoms with Crippen LogP contribution in [0.25, 0.3) is 0 Å². The molecule has 1 aliphatic rings. The molecule has 1 N–H and O–H groups in total. The van der Waals surface area contributed by atoms with Crippen molar-refractivity contribution in [2.24, 2.45) is 0 Å². The Labute approximate surface area is 263 Å². The molecule has 0 aliphatic heterocycles. The van der Waals surface area contributed by atoms with Gasteiger partial charge in [0.1, 0.15) is 12.6 Å². The zero-order valence-electron chi connectivity index (χ0n) is 25.8. The Morgan fingerprint density at radius 1 is 0.933 bits per heavy atom. The van der Waals surface area contributed by atoms with Gasteiger partial charge in [0.05, 0.1) is 16.1 Å². The Bertz CT molecular complexity index is 1590. The van der Waals surface area contributed by atoms with Crippen molar-refractivity contribution in [3.05, 3.63) is 95.1 Å². The van der Waals surface area contributed by atoms with Crippen LogP contribution in [-0.2, 0) is 32.3 Å². The van der Waals surface area contributed by atoms with Crippen molar-refractivity contribution < 1.29 is 31.2 Å². The summed E-state index contributed by atoms with van der Waals surface area (Å²) < 4.78 is 69.8. The first kappa shape index (κ1) is 34.0. The van der Waals surface area contributed by atoms with E-state index < -0.39 is 40.3 Å². The third-order valence-corrected chi connectivity index (χ3v) is 10.1. The highest BCUT2D eigenvalue weighted by atomic mass is 32.2. The summed E-state index contributed by atoms with van der Waals surface area (Å²) in [5, 5.41) is 3.09. The summed E-state index contributed by atoms with van der Waals surface area (Å²) in [6.07, 6.45) is 0.290. The molecule has 1 atom stereocenters. The van der Waals surface area contributed by atoms with E-state index in [0.717, 1.165) is 67.0 Å². The first-order valence-electron chi connectivity index (χ1n) is 15.2. The van der Waals surface area contributed by atoms with Crippen LogP contribution < -0.4 is 9.62 Å². The molecular weight excluding hydrogens is 603 g/mol. The van der Waals surface area contributed by atoms with Crippen LogP contribution in [0.1, 0.15) is 67.7 Å². The van der Waals surface area contributed by atoms with Crippen molar-refractivity contribution in [1.29, 1.82) is 0 Å². The van der Waals surface area contributed by atoms with Gasteiger partial charge in [0.15, 0.2) is 0 Å². The predicted octanol–water partition coefficient (Wildman–Crippen LogP) is 6.77. The zero-order valence-corrected chi connectivity index (χ0v) is 26.6. The molecule has 2 amide bonds. The summed E-state index contributed by atoms with van der Waals surface area (Å²) in [6, 6.07) is 16.2. The Balaban J connectivity index is 1.76. The molecule has 0 saturated heterocycles. The number of hydrogen-bond donors (Lipinski definition) is 1. The number of rotatable bonds is 11. The maximum absolute atomic E-state index is 14.3. The van der Waals surface area contributed by atoms with Crippen LogP contribution in [0, 0.1) is 13.8 Å². The zero-order chi connectivity index (χ0) is 32.8. The average Bonchev–Trinajstić information content (AvgIpc) is 3.01. The van der Waals surface area contributed by atoms with Gasteiger partial charge in [-0.25, -0.2) is 8.42 Å². The van der Waals surface area contributed by atoms with Gasteiger partial charge in [-0.2, -0.15) is 13.2 Å². The molecule has 3 aromatic rings. The molecule has 0 unspecified atom stereocenters. The van der Waals surface area contributed by atoms with Gasteiger partial charge in [-0.3, -0.25) is 13.9 Å². The van der Waals surface area contributed by atoms with Crippen molar-refractivity contribution in [1.82, 2.24) is 10.2 Å². The Morgan fingerprint density at radius 3 is 2.22 bits per heavy atom. The number of anilines is 1. The number of carbonyl (C=O) groups excluding carboxylic acids is 2. The largest absolute Gasteiger partial charge is 0.416 e. The molecule has 1 fully saturated rings. The summed E-state index contributed by atoms with van der Waals surface area (Å²) in [5.74, 6) is -1.05. The number of nitrogens with zero attached hydrogens (tertiary/aromatic N) is 2. The summed E-state index contributed by atoms with van der Waals surface area (Å²) in [7, 11) is -4.50. The van der Waals surface area contributed by atoms with Gasteiger partial charge in [0.2, 0.25) is 11.8 Å². The van der Waals surface area contributed by atoms with E-state index in [1.165, 1.54) is 23.1 Å². The van der Waals surface area contributed by atoms with Gasteiger partial charge in [0, 0.05) is 12.6 Å². The molecule has 0 spiro atoms. The van der Waals surface area contributed by atoms with E-state index in [9.17, 15) is 31.2 Å². The average molecular weight is 644 g/mol. The van der Waals surface area contributed by atoms with E-state index in [4.69, 9.17) is 0 Å². The van der Waals surface area contributed by atoms with Crippen molar-refractivity contribution in [2.75, 3.05) is 10.8 Å². The molecule has 45 heavy (non-hydrogen) atoms. The fraction of sp³-hybridized carbons (Fsp3) is 0.412. The van der Waals surface area contributed by atoms with E-state index >= 15 is 0 Å². The number of sulfonamides is 1. The third-order valence-electron chi connectivity index (χ3n) is 8.29. The number of carbonyl (C=O) groups is 2. The van der Waals surface area contributed by atoms with Crippen LogP contribution in [0.3, 0.4) is 0 Å². The molecular formula is C34H40F3N3O4S. The molecule has 11 heteroatoms. The van der Waals surface area contributed by atoms with E-state index in [1.54, 1.807) is 26.0 Å². The maximum Gasteiger partial charge on any atom is 0.416 e. The van der Waals surface area contributed by atoms with Gasteiger partial charge >= 0.3 is 6.18 Å². The normalized spacial score (nSPS) is 14.9. The fourth-order valence-corrected chi connectivity index (χ4v) is 7.04. The molecule has 0 aromatic heterocycles. The highest BCUT2D eigenvalue weighted by molar-refractivity contribution is 7.92. The Morgan fingerprint density at radius 2 is 1.60 bits per heavy atom. The van der Waals surface area contributed by atoms with Crippen molar-refractivity contribution >= 4 is 27.5 Å². The molecule has 0 bridgehead atoms. The van der Waals surface area contributed by atoms with Crippen LogP contribution >= 0.6 is 0 Å². The minimum absolute atomic E-state index is 0.0146. The molecule has 1 aliphatic carbocycles. The first-order valence-corrected chi connectivity index (χ1v) is 16.7. The first-order chi connectivity index (χ1) is 21.3. The van der Waals surface area contributed by atoms with E-state index in [-0.39, 0.29) is 35.5 Å². The summed E-state index contributed by atoms with van der Waals surface area (Å²) in [4.78, 5) is 29.1. The van der Waals surface area contributed by atoms with Gasteiger partial charge < -0.3 is 10.2 Å². The lowest BCUT2D eigenvalue weighted by Gasteiger charge is -2.35. The summed E-state index contributed by atoms with van der Waals surface area (Å²) >= 11 is 0. The quantitative estimate of drug-likeness (QED) is 0.250. The topological polar surface area (TPSA) is 86.8 Å². The van der Waals surface area contributed by atoms with Crippen LogP contribution in [0.15, 0.2) is 77.7 Å². The van der Waals surface area contributed by atoms with E-state index in [1.807, 2.05) is 31.2 Å². The second kappa shape index (κ2) is 14.5.